The fraction of sp³-hybridized carbons (Fsp3) is 0.450. The molecule has 2 heterocycles. The van der Waals surface area contributed by atoms with E-state index in [-0.39, 0.29) is 23.9 Å². The van der Waals surface area contributed by atoms with Gasteiger partial charge in [0, 0.05) is 29.3 Å². The summed E-state index contributed by atoms with van der Waals surface area (Å²) in [6.07, 6.45) is 8.55. The Morgan fingerprint density at radius 3 is 2.54 bits per heavy atom. The van der Waals surface area contributed by atoms with Crippen molar-refractivity contribution >= 4 is 28.2 Å². The first-order valence-corrected chi connectivity index (χ1v) is 9.98. The van der Waals surface area contributed by atoms with Crippen LogP contribution in [-0.4, -0.2) is 23.0 Å². The number of carbonyl (C=O) groups excluding carboxylic acids is 2. The largest absolute Gasteiger partial charge is 0.459 e. The van der Waals surface area contributed by atoms with Gasteiger partial charge in [-0.1, -0.05) is 20.3 Å². The fourth-order valence-electron chi connectivity index (χ4n) is 3.05. The van der Waals surface area contributed by atoms with Crippen molar-refractivity contribution in [1.29, 1.82) is 0 Å². The Hall–Kier alpha value is -2.21. The SMILES string of the molecule is CC(C)C(=O)Nc1scc(-c2ccncc2)c1C(=O)OC1CCCCC1. The molecular weight excluding hydrogens is 348 g/mol. The molecule has 2 aromatic rings. The minimum Gasteiger partial charge on any atom is -0.459 e. The average Bonchev–Trinajstić information content (AvgIpc) is 3.07. The molecule has 3 rings (SSSR count). The van der Waals surface area contributed by atoms with E-state index >= 15 is 0 Å². The van der Waals surface area contributed by atoms with E-state index in [1.165, 1.54) is 17.8 Å². The molecule has 0 saturated heterocycles. The first-order valence-electron chi connectivity index (χ1n) is 9.10. The third-order valence-electron chi connectivity index (χ3n) is 4.57. The summed E-state index contributed by atoms with van der Waals surface area (Å²) < 4.78 is 5.78. The van der Waals surface area contributed by atoms with E-state index in [1.54, 1.807) is 12.4 Å². The Bertz CT molecular complexity index is 765. The van der Waals surface area contributed by atoms with Crippen molar-refractivity contribution in [3.05, 3.63) is 35.5 Å². The topological polar surface area (TPSA) is 68.3 Å². The molecule has 1 N–H and O–H groups in total. The van der Waals surface area contributed by atoms with E-state index in [1.807, 2.05) is 31.4 Å². The number of aromatic nitrogens is 1. The van der Waals surface area contributed by atoms with Gasteiger partial charge in [0.25, 0.3) is 0 Å². The number of hydrogen-bond donors (Lipinski definition) is 1. The van der Waals surface area contributed by atoms with Crippen LogP contribution < -0.4 is 5.32 Å². The molecule has 6 heteroatoms. The van der Waals surface area contributed by atoms with Crippen LogP contribution in [0.15, 0.2) is 29.9 Å². The number of hydrogen-bond acceptors (Lipinski definition) is 5. The fourth-order valence-corrected chi connectivity index (χ4v) is 4.01. The van der Waals surface area contributed by atoms with Gasteiger partial charge in [0.2, 0.25) is 5.91 Å². The van der Waals surface area contributed by atoms with Gasteiger partial charge in [-0.2, -0.15) is 0 Å². The zero-order valence-electron chi connectivity index (χ0n) is 15.2. The molecule has 0 bridgehead atoms. The van der Waals surface area contributed by atoms with E-state index in [2.05, 4.69) is 10.3 Å². The summed E-state index contributed by atoms with van der Waals surface area (Å²) in [6, 6.07) is 3.71. The molecule has 1 amide bonds. The number of carbonyl (C=O) groups is 2. The second-order valence-electron chi connectivity index (χ2n) is 6.90. The lowest BCUT2D eigenvalue weighted by molar-refractivity contribution is -0.118. The number of anilines is 1. The molecule has 0 spiro atoms. The summed E-state index contributed by atoms with van der Waals surface area (Å²) in [4.78, 5) is 29.1. The predicted octanol–water partition coefficient (Wildman–Crippen LogP) is 4.89. The van der Waals surface area contributed by atoms with Crippen molar-refractivity contribution < 1.29 is 14.3 Å². The van der Waals surface area contributed by atoms with E-state index in [4.69, 9.17) is 4.74 Å². The molecule has 1 saturated carbocycles. The molecule has 0 aliphatic heterocycles. The molecule has 1 aliphatic carbocycles. The number of pyridine rings is 1. The van der Waals surface area contributed by atoms with Gasteiger partial charge in [0.05, 0.1) is 0 Å². The second-order valence-corrected chi connectivity index (χ2v) is 7.78. The number of nitrogens with zero attached hydrogens (tertiary/aromatic N) is 1. The van der Waals surface area contributed by atoms with Crippen LogP contribution in [0.5, 0.6) is 0 Å². The van der Waals surface area contributed by atoms with Crippen LogP contribution in [0.1, 0.15) is 56.3 Å². The average molecular weight is 372 g/mol. The zero-order chi connectivity index (χ0) is 18.5. The van der Waals surface area contributed by atoms with Crippen molar-refractivity contribution in [2.24, 2.45) is 5.92 Å². The van der Waals surface area contributed by atoms with Crippen LogP contribution in [-0.2, 0) is 9.53 Å². The van der Waals surface area contributed by atoms with E-state index in [0.717, 1.165) is 36.8 Å². The molecule has 1 aliphatic rings. The quantitative estimate of drug-likeness (QED) is 0.759. The van der Waals surface area contributed by atoms with Gasteiger partial charge >= 0.3 is 5.97 Å². The molecule has 0 atom stereocenters. The molecule has 26 heavy (non-hydrogen) atoms. The smallest absolute Gasteiger partial charge is 0.342 e. The molecule has 1 fully saturated rings. The van der Waals surface area contributed by atoms with Gasteiger partial charge in [-0.3, -0.25) is 9.78 Å². The normalized spacial score (nSPS) is 15.0. The van der Waals surface area contributed by atoms with Gasteiger partial charge in [0.1, 0.15) is 16.7 Å². The van der Waals surface area contributed by atoms with Crippen molar-refractivity contribution in [1.82, 2.24) is 4.98 Å². The highest BCUT2D eigenvalue weighted by atomic mass is 32.1. The first kappa shape index (κ1) is 18.6. The van der Waals surface area contributed by atoms with Gasteiger partial charge < -0.3 is 10.1 Å². The third-order valence-corrected chi connectivity index (χ3v) is 5.47. The van der Waals surface area contributed by atoms with E-state index in [0.29, 0.717) is 10.6 Å². The highest BCUT2D eigenvalue weighted by Crippen LogP contribution is 2.37. The molecule has 0 unspecified atom stereocenters. The van der Waals surface area contributed by atoms with Crippen molar-refractivity contribution in [2.75, 3.05) is 5.32 Å². The first-order chi connectivity index (χ1) is 12.6. The molecular formula is C20H24N2O3S. The maximum absolute atomic E-state index is 13.0. The highest BCUT2D eigenvalue weighted by molar-refractivity contribution is 7.15. The number of esters is 1. The Balaban J connectivity index is 1.91. The number of nitrogens with one attached hydrogen (secondary N) is 1. The van der Waals surface area contributed by atoms with Gasteiger partial charge in [-0.25, -0.2) is 4.79 Å². The highest BCUT2D eigenvalue weighted by Gasteiger charge is 2.26. The molecule has 0 radical (unpaired) electrons. The van der Waals surface area contributed by atoms with Gasteiger partial charge in [0.15, 0.2) is 0 Å². The van der Waals surface area contributed by atoms with Gasteiger partial charge in [-0.05, 0) is 43.4 Å². The number of ether oxygens (including phenoxy) is 1. The molecule has 0 aromatic carbocycles. The lowest BCUT2D eigenvalue weighted by atomic mass is 9.97. The lowest BCUT2D eigenvalue weighted by Crippen LogP contribution is -2.23. The third kappa shape index (κ3) is 4.30. The van der Waals surface area contributed by atoms with Crippen LogP contribution in [0.3, 0.4) is 0 Å². The number of thiophene rings is 1. The van der Waals surface area contributed by atoms with Crippen molar-refractivity contribution in [3.63, 3.8) is 0 Å². The van der Waals surface area contributed by atoms with E-state index in [9.17, 15) is 9.59 Å². The van der Waals surface area contributed by atoms with Crippen LogP contribution >= 0.6 is 11.3 Å². The minimum atomic E-state index is -0.357. The van der Waals surface area contributed by atoms with Crippen LogP contribution in [0.25, 0.3) is 11.1 Å². The minimum absolute atomic E-state index is 0.0323. The summed E-state index contributed by atoms with van der Waals surface area (Å²) in [6.45, 7) is 3.65. The Morgan fingerprint density at radius 2 is 1.88 bits per heavy atom. The Morgan fingerprint density at radius 1 is 1.19 bits per heavy atom. The standard InChI is InChI=1S/C20H24N2O3S/c1-13(2)18(23)22-19-17(20(24)25-15-6-4-3-5-7-15)16(12-26-19)14-8-10-21-11-9-14/h8-13,15H,3-7H2,1-2H3,(H,22,23). The maximum atomic E-state index is 13.0. The molecule has 5 nitrogen and oxygen atoms in total. The van der Waals surface area contributed by atoms with Crippen molar-refractivity contribution in [3.8, 4) is 11.1 Å². The van der Waals surface area contributed by atoms with Crippen LogP contribution in [0, 0.1) is 5.92 Å². The summed E-state index contributed by atoms with van der Waals surface area (Å²) in [5, 5.41) is 5.33. The second kappa shape index (κ2) is 8.45. The summed E-state index contributed by atoms with van der Waals surface area (Å²) in [5.74, 6) is -0.632. The Labute approximate surface area is 157 Å². The Kier molecular flexibility index (Phi) is 6.04. The summed E-state index contributed by atoms with van der Waals surface area (Å²) >= 11 is 1.35. The predicted molar refractivity (Wildman–Crippen MR) is 103 cm³/mol. The van der Waals surface area contributed by atoms with Gasteiger partial charge in [-0.15, -0.1) is 11.3 Å². The van der Waals surface area contributed by atoms with Crippen LogP contribution in [0.4, 0.5) is 5.00 Å². The maximum Gasteiger partial charge on any atom is 0.342 e. The summed E-state index contributed by atoms with van der Waals surface area (Å²) in [7, 11) is 0. The van der Waals surface area contributed by atoms with Crippen molar-refractivity contribution in [2.45, 2.75) is 52.1 Å². The number of rotatable bonds is 5. The summed E-state index contributed by atoms with van der Waals surface area (Å²) in [5.41, 5.74) is 2.11. The molecule has 138 valence electrons. The zero-order valence-corrected chi connectivity index (χ0v) is 16.0. The van der Waals surface area contributed by atoms with Crippen LogP contribution in [0.2, 0.25) is 0 Å². The number of amides is 1. The monoisotopic (exact) mass is 372 g/mol. The lowest BCUT2D eigenvalue weighted by Gasteiger charge is -2.22. The molecule has 2 aromatic heterocycles. The van der Waals surface area contributed by atoms with E-state index < -0.39 is 0 Å².